The molecule has 0 bridgehead atoms. The average molecular weight is 445 g/mol. The van der Waals surface area contributed by atoms with Crippen molar-refractivity contribution in [3.63, 3.8) is 0 Å². The summed E-state index contributed by atoms with van der Waals surface area (Å²) in [6.45, 7) is 6.69. The van der Waals surface area contributed by atoms with Crippen molar-refractivity contribution >= 4 is 28.8 Å². The number of anilines is 1. The fourth-order valence-electron chi connectivity index (χ4n) is 3.05. The van der Waals surface area contributed by atoms with E-state index in [-0.39, 0.29) is 29.2 Å². The van der Waals surface area contributed by atoms with Gasteiger partial charge in [0.05, 0.1) is 5.56 Å². The fourth-order valence-corrected chi connectivity index (χ4v) is 3.05. The number of aliphatic hydroxyl groups excluding tert-OH is 1. The van der Waals surface area contributed by atoms with Crippen LogP contribution >= 0.6 is 0 Å². The van der Waals surface area contributed by atoms with Crippen LogP contribution in [-0.2, 0) is 6.54 Å². The Morgan fingerprint density at radius 2 is 1.79 bits per heavy atom. The first-order valence-corrected chi connectivity index (χ1v) is 9.25. The van der Waals surface area contributed by atoms with Crippen molar-refractivity contribution in [1.29, 1.82) is 0 Å². The van der Waals surface area contributed by atoms with E-state index < -0.39 is 0 Å². The number of nitrogens with zero attached hydrogens (tertiary/aromatic N) is 2. The third-order valence-corrected chi connectivity index (χ3v) is 4.61. The molecule has 0 spiro atoms. The second kappa shape index (κ2) is 10.2. The summed E-state index contributed by atoms with van der Waals surface area (Å²) in [4.78, 5) is 14.6. The van der Waals surface area contributed by atoms with E-state index in [0.29, 0.717) is 17.7 Å². The molecule has 0 radical (unpaired) electrons. The second-order valence-corrected chi connectivity index (χ2v) is 6.31. The lowest BCUT2D eigenvalue weighted by molar-refractivity contribution is -0.698. The maximum absolute atomic E-state index is 12.4. The van der Waals surface area contributed by atoms with Crippen LogP contribution in [0.5, 0.6) is 0 Å². The SMILES string of the molecule is CCN(CC)c1ccc2cc(C=Cc3cc[n+](CCO)cc3)c(=O)oc2c1.[Br-]. The van der Waals surface area contributed by atoms with Gasteiger partial charge in [-0.3, -0.25) is 0 Å². The van der Waals surface area contributed by atoms with E-state index in [2.05, 4.69) is 24.8 Å². The molecular formula is C22H25BrN2O3. The van der Waals surface area contributed by atoms with Crippen molar-refractivity contribution in [3.05, 3.63) is 70.3 Å². The van der Waals surface area contributed by atoms with Gasteiger partial charge >= 0.3 is 5.63 Å². The minimum atomic E-state index is -0.346. The van der Waals surface area contributed by atoms with Gasteiger partial charge in [0.25, 0.3) is 0 Å². The fraction of sp³-hybridized carbons (Fsp3) is 0.273. The Bertz CT molecular complexity index is 993. The van der Waals surface area contributed by atoms with E-state index in [9.17, 15) is 4.79 Å². The Labute approximate surface area is 175 Å². The molecule has 0 aliphatic carbocycles. The first-order valence-electron chi connectivity index (χ1n) is 9.25. The molecule has 0 aliphatic heterocycles. The van der Waals surface area contributed by atoms with Crippen molar-refractivity contribution in [2.75, 3.05) is 24.6 Å². The summed E-state index contributed by atoms with van der Waals surface area (Å²) in [5.74, 6) is 0. The molecule has 1 aromatic carbocycles. The molecule has 2 aromatic heterocycles. The van der Waals surface area contributed by atoms with E-state index in [0.717, 1.165) is 29.7 Å². The predicted octanol–water partition coefficient (Wildman–Crippen LogP) is 0.0934. The molecule has 28 heavy (non-hydrogen) atoms. The van der Waals surface area contributed by atoms with Gasteiger partial charge in [-0.15, -0.1) is 0 Å². The van der Waals surface area contributed by atoms with Crippen LogP contribution < -0.4 is 32.1 Å². The van der Waals surface area contributed by atoms with Crippen molar-refractivity contribution in [1.82, 2.24) is 0 Å². The molecule has 0 saturated heterocycles. The molecule has 0 amide bonds. The highest BCUT2D eigenvalue weighted by Gasteiger charge is 2.07. The Hall–Kier alpha value is -2.44. The summed E-state index contributed by atoms with van der Waals surface area (Å²) in [7, 11) is 0. The van der Waals surface area contributed by atoms with E-state index in [4.69, 9.17) is 9.52 Å². The van der Waals surface area contributed by atoms with Gasteiger partial charge in [0, 0.05) is 42.4 Å². The lowest BCUT2D eigenvalue weighted by atomic mass is 10.1. The van der Waals surface area contributed by atoms with E-state index in [1.165, 1.54) is 0 Å². The van der Waals surface area contributed by atoms with Crippen LogP contribution in [0.1, 0.15) is 25.0 Å². The van der Waals surface area contributed by atoms with Gasteiger partial charge in [0.2, 0.25) is 0 Å². The molecule has 0 unspecified atom stereocenters. The molecule has 0 fully saturated rings. The quantitative estimate of drug-likeness (QED) is 0.414. The number of hydrogen-bond acceptors (Lipinski definition) is 4. The lowest BCUT2D eigenvalue weighted by Crippen LogP contribution is -3.00. The minimum Gasteiger partial charge on any atom is -1.00 e. The predicted molar refractivity (Wildman–Crippen MR) is 109 cm³/mol. The number of pyridine rings is 1. The van der Waals surface area contributed by atoms with Gasteiger partial charge in [-0.2, -0.15) is 0 Å². The highest BCUT2D eigenvalue weighted by molar-refractivity contribution is 5.83. The summed E-state index contributed by atoms with van der Waals surface area (Å²) in [6.07, 6.45) is 7.45. The molecule has 0 atom stereocenters. The van der Waals surface area contributed by atoms with Crippen molar-refractivity contribution in [3.8, 4) is 0 Å². The van der Waals surface area contributed by atoms with Gasteiger partial charge in [0.1, 0.15) is 12.2 Å². The molecule has 6 heteroatoms. The Kier molecular flexibility index (Phi) is 7.96. The normalized spacial score (nSPS) is 11.0. The summed E-state index contributed by atoms with van der Waals surface area (Å²) in [5.41, 5.74) is 2.80. The molecule has 1 N–H and O–H groups in total. The molecule has 2 heterocycles. The zero-order valence-corrected chi connectivity index (χ0v) is 17.7. The van der Waals surface area contributed by atoms with Gasteiger partial charge < -0.3 is 31.4 Å². The Balaban J connectivity index is 0.00000280. The smallest absolute Gasteiger partial charge is 0.343 e. The number of fused-ring (bicyclic) bond motifs is 1. The minimum absolute atomic E-state index is 0. The Morgan fingerprint density at radius 3 is 2.43 bits per heavy atom. The van der Waals surface area contributed by atoms with Gasteiger partial charge in [0.15, 0.2) is 18.9 Å². The summed E-state index contributed by atoms with van der Waals surface area (Å²) in [5, 5.41) is 9.85. The second-order valence-electron chi connectivity index (χ2n) is 6.31. The summed E-state index contributed by atoms with van der Waals surface area (Å²) < 4.78 is 7.44. The summed E-state index contributed by atoms with van der Waals surface area (Å²) in [6, 6.07) is 11.7. The molecular weight excluding hydrogens is 420 g/mol. The molecule has 3 rings (SSSR count). The molecule has 148 valence electrons. The Morgan fingerprint density at radius 1 is 1.07 bits per heavy atom. The number of hydrogen-bond donors (Lipinski definition) is 1. The lowest BCUT2D eigenvalue weighted by Gasteiger charge is -2.20. The first kappa shape index (κ1) is 21.9. The van der Waals surface area contributed by atoms with E-state index in [1.807, 2.05) is 53.4 Å². The number of benzene rings is 1. The van der Waals surface area contributed by atoms with E-state index >= 15 is 0 Å². The molecule has 0 aliphatic rings. The summed E-state index contributed by atoms with van der Waals surface area (Å²) >= 11 is 0. The third kappa shape index (κ3) is 5.09. The van der Waals surface area contributed by atoms with Crippen LogP contribution in [0.2, 0.25) is 0 Å². The number of rotatable bonds is 7. The standard InChI is InChI=1S/C22H25N2O3.BrH/c1-3-24(4-2)20-8-7-18-15-19(22(26)27-21(18)16-20)6-5-17-9-11-23(12-10-17)13-14-25;/h5-12,15-16,25H,3-4,13-14H2,1-2H3;1H/q+1;/p-1. The van der Waals surface area contributed by atoms with Crippen LogP contribution in [0.15, 0.2) is 58.0 Å². The molecule has 0 saturated carbocycles. The number of aromatic nitrogens is 1. The van der Waals surface area contributed by atoms with Crippen LogP contribution in [0.3, 0.4) is 0 Å². The topological polar surface area (TPSA) is 57.6 Å². The van der Waals surface area contributed by atoms with Gasteiger partial charge in [-0.1, -0.05) is 6.08 Å². The average Bonchev–Trinajstić information content (AvgIpc) is 2.68. The van der Waals surface area contributed by atoms with Crippen molar-refractivity contribution in [2.24, 2.45) is 0 Å². The zero-order chi connectivity index (χ0) is 19.2. The zero-order valence-electron chi connectivity index (χ0n) is 16.1. The van der Waals surface area contributed by atoms with Crippen molar-refractivity contribution in [2.45, 2.75) is 20.4 Å². The highest BCUT2D eigenvalue weighted by Crippen LogP contribution is 2.22. The number of halogens is 1. The highest BCUT2D eigenvalue weighted by atomic mass is 79.9. The maximum atomic E-state index is 12.4. The first-order chi connectivity index (χ1) is 13.1. The van der Waals surface area contributed by atoms with Crippen LogP contribution in [-0.4, -0.2) is 24.8 Å². The van der Waals surface area contributed by atoms with Crippen LogP contribution in [0.25, 0.3) is 23.1 Å². The maximum Gasteiger partial charge on any atom is 0.343 e. The van der Waals surface area contributed by atoms with E-state index in [1.54, 1.807) is 6.08 Å². The number of aliphatic hydroxyl groups is 1. The van der Waals surface area contributed by atoms with Crippen LogP contribution in [0, 0.1) is 0 Å². The van der Waals surface area contributed by atoms with Gasteiger partial charge in [-0.05, 0) is 43.7 Å². The molecule has 3 aromatic rings. The third-order valence-electron chi connectivity index (χ3n) is 4.61. The van der Waals surface area contributed by atoms with Gasteiger partial charge in [-0.25, -0.2) is 9.36 Å². The van der Waals surface area contributed by atoms with Crippen molar-refractivity contribution < 1.29 is 31.1 Å². The molecule has 5 nitrogen and oxygen atoms in total. The monoisotopic (exact) mass is 444 g/mol. The van der Waals surface area contributed by atoms with Crippen LogP contribution in [0.4, 0.5) is 5.69 Å². The largest absolute Gasteiger partial charge is 1.00 e.